The largest absolute Gasteiger partial charge is 3.00 e. The first-order valence-electron chi connectivity index (χ1n) is 15.4. The second-order valence-electron chi connectivity index (χ2n) is 9.73. The first-order chi connectivity index (χ1) is 18.3. The first kappa shape index (κ1) is 47.8. The predicted molar refractivity (Wildman–Crippen MR) is 160 cm³/mol. The number of carbonyl (C=O) groups excluding carboxylic acids is 3. The SMILES string of the molecule is C=C.CCCCCCCCCC(=O)[O-].CCCCCCCCCC(=O)[O-].CCCCCCCCCC(=O)[O-].[Bi+3]. The fraction of sp³-hybridized carbons (Fsp3) is 0.844. The average molecular weight is 751 g/mol. The van der Waals surface area contributed by atoms with Gasteiger partial charge in [-0.2, -0.15) is 0 Å². The molecule has 39 heavy (non-hydrogen) atoms. The van der Waals surface area contributed by atoms with Crippen LogP contribution in [0.1, 0.15) is 175 Å². The molecule has 0 aliphatic carbocycles. The van der Waals surface area contributed by atoms with Gasteiger partial charge in [0.1, 0.15) is 0 Å². The van der Waals surface area contributed by atoms with Crippen molar-refractivity contribution in [2.45, 2.75) is 175 Å². The number of carboxylic acids is 3. The van der Waals surface area contributed by atoms with Gasteiger partial charge in [-0.15, -0.1) is 13.2 Å². The van der Waals surface area contributed by atoms with Gasteiger partial charge in [-0.05, 0) is 38.5 Å². The van der Waals surface area contributed by atoms with Gasteiger partial charge in [-0.1, -0.05) is 136 Å². The van der Waals surface area contributed by atoms with Crippen LogP contribution in [0.3, 0.4) is 0 Å². The van der Waals surface area contributed by atoms with Crippen molar-refractivity contribution in [1.82, 2.24) is 0 Å². The number of hydrogen-bond acceptors (Lipinski definition) is 6. The molecular weight excluding hydrogens is 689 g/mol. The standard InChI is InChI=1S/3C10H20O2.C2H4.Bi/c3*1-2-3-4-5-6-7-8-9-10(11)12;1-2;/h3*2-9H2,1H3,(H,11,12);1-2H2;/q;;;;+3/p-3. The maximum atomic E-state index is 10.0. The van der Waals surface area contributed by atoms with E-state index >= 15 is 0 Å². The Labute approximate surface area is 260 Å². The Bertz CT molecular complexity index is 419. The molecule has 0 N–H and O–H groups in total. The monoisotopic (exact) mass is 750 g/mol. The number of carboxylic acid groups (broad SMARTS) is 3. The molecule has 0 spiro atoms. The zero-order chi connectivity index (χ0) is 29.7. The Hall–Kier alpha value is -0.967. The van der Waals surface area contributed by atoms with Crippen LogP contribution in [0.5, 0.6) is 0 Å². The van der Waals surface area contributed by atoms with Crippen LogP contribution in [0.15, 0.2) is 13.2 Å². The Morgan fingerprint density at radius 1 is 0.385 bits per heavy atom. The van der Waals surface area contributed by atoms with Gasteiger partial charge >= 0.3 is 26.2 Å². The average Bonchev–Trinajstić information content (AvgIpc) is 2.88. The molecule has 7 heteroatoms. The van der Waals surface area contributed by atoms with Gasteiger partial charge < -0.3 is 29.7 Å². The van der Waals surface area contributed by atoms with E-state index < -0.39 is 17.9 Å². The number of hydrogen-bond donors (Lipinski definition) is 0. The summed E-state index contributed by atoms with van der Waals surface area (Å²) in [5.41, 5.74) is 0. The van der Waals surface area contributed by atoms with E-state index in [1.165, 1.54) is 96.3 Å². The summed E-state index contributed by atoms with van der Waals surface area (Å²) >= 11 is 0. The van der Waals surface area contributed by atoms with E-state index in [0.717, 1.165) is 38.5 Å². The molecule has 0 aliphatic heterocycles. The minimum Gasteiger partial charge on any atom is -0.550 e. The minimum absolute atomic E-state index is 0. The Morgan fingerprint density at radius 3 is 0.692 bits per heavy atom. The third kappa shape index (κ3) is 67.1. The Morgan fingerprint density at radius 2 is 0.538 bits per heavy atom. The Kier molecular flexibility index (Phi) is 57.4. The van der Waals surface area contributed by atoms with Gasteiger partial charge in [0.2, 0.25) is 0 Å². The van der Waals surface area contributed by atoms with Crippen molar-refractivity contribution < 1.29 is 29.7 Å². The van der Waals surface area contributed by atoms with Crippen LogP contribution >= 0.6 is 0 Å². The molecule has 0 saturated carbocycles. The number of carbonyl (C=O) groups is 3. The van der Waals surface area contributed by atoms with Gasteiger partial charge in [0.15, 0.2) is 0 Å². The van der Waals surface area contributed by atoms with Crippen molar-refractivity contribution >= 4 is 44.1 Å². The fourth-order valence-corrected chi connectivity index (χ4v) is 3.68. The molecule has 0 aromatic rings. The van der Waals surface area contributed by atoms with E-state index in [-0.39, 0.29) is 45.5 Å². The molecule has 0 fully saturated rings. The van der Waals surface area contributed by atoms with Crippen LogP contribution in [0.2, 0.25) is 0 Å². The fourth-order valence-electron chi connectivity index (χ4n) is 3.68. The molecule has 0 heterocycles. The van der Waals surface area contributed by atoms with Gasteiger partial charge in [-0.25, -0.2) is 0 Å². The molecule has 230 valence electrons. The summed E-state index contributed by atoms with van der Waals surface area (Å²) in [4.78, 5) is 30.1. The molecule has 0 unspecified atom stereocenters. The van der Waals surface area contributed by atoms with Crippen LogP contribution in [-0.4, -0.2) is 44.1 Å². The molecule has 0 aliphatic rings. The van der Waals surface area contributed by atoms with Gasteiger partial charge in [0.25, 0.3) is 0 Å². The van der Waals surface area contributed by atoms with Crippen molar-refractivity contribution in [3.8, 4) is 0 Å². The molecular formula is C32H61BiO6. The topological polar surface area (TPSA) is 120 Å². The summed E-state index contributed by atoms with van der Waals surface area (Å²) in [6, 6.07) is 0. The van der Waals surface area contributed by atoms with Crippen molar-refractivity contribution in [1.29, 1.82) is 0 Å². The van der Waals surface area contributed by atoms with E-state index in [9.17, 15) is 29.7 Å². The summed E-state index contributed by atoms with van der Waals surface area (Å²) in [5, 5.41) is 30.1. The quantitative estimate of drug-likeness (QED) is 0.0673. The molecule has 0 aromatic carbocycles. The van der Waals surface area contributed by atoms with Crippen LogP contribution in [0, 0.1) is 0 Å². The third-order valence-electron chi connectivity index (χ3n) is 5.95. The second-order valence-corrected chi connectivity index (χ2v) is 9.73. The zero-order valence-electron chi connectivity index (χ0n) is 25.8. The van der Waals surface area contributed by atoms with E-state index in [1.807, 2.05) is 0 Å². The van der Waals surface area contributed by atoms with Crippen molar-refractivity contribution in [2.75, 3.05) is 0 Å². The molecule has 6 nitrogen and oxygen atoms in total. The third-order valence-corrected chi connectivity index (χ3v) is 5.95. The number of rotatable bonds is 24. The van der Waals surface area contributed by atoms with Crippen molar-refractivity contribution in [3.63, 3.8) is 0 Å². The molecule has 0 rings (SSSR count). The van der Waals surface area contributed by atoms with Crippen LogP contribution in [0.4, 0.5) is 0 Å². The summed E-state index contributed by atoms with van der Waals surface area (Å²) < 4.78 is 0. The van der Waals surface area contributed by atoms with Gasteiger partial charge in [-0.3, -0.25) is 0 Å². The Balaban J connectivity index is -0.000000142. The minimum atomic E-state index is -0.913. The normalized spacial score (nSPS) is 9.41. The summed E-state index contributed by atoms with van der Waals surface area (Å²) in [7, 11) is 0. The molecule has 0 aromatic heterocycles. The smallest absolute Gasteiger partial charge is 0.550 e. The molecule has 2 radical (unpaired) electrons. The molecule has 0 saturated heterocycles. The van der Waals surface area contributed by atoms with E-state index in [0.29, 0.717) is 0 Å². The summed E-state index contributed by atoms with van der Waals surface area (Å²) in [5.74, 6) is -2.74. The van der Waals surface area contributed by atoms with E-state index in [1.54, 1.807) is 0 Å². The second kappa shape index (κ2) is 46.9. The van der Waals surface area contributed by atoms with Crippen molar-refractivity contribution in [3.05, 3.63) is 13.2 Å². The summed E-state index contributed by atoms with van der Waals surface area (Å²) in [6.45, 7) is 12.6. The summed E-state index contributed by atoms with van der Waals surface area (Å²) in [6.07, 6.45) is 25.0. The van der Waals surface area contributed by atoms with E-state index in [4.69, 9.17) is 0 Å². The molecule has 0 atom stereocenters. The van der Waals surface area contributed by atoms with Crippen LogP contribution < -0.4 is 15.3 Å². The zero-order valence-corrected chi connectivity index (χ0v) is 29.3. The molecule has 0 amide bonds. The van der Waals surface area contributed by atoms with Crippen LogP contribution in [0.25, 0.3) is 0 Å². The van der Waals surface area contributed by atoms with Gasteiger partial charge in [0.05, 0.1) is 0 Å². The number of unbranched alkanes of at least 4 members (excludes halogenated alkanes) is 18. The maximum absolute atomic E-state index is 10.0. The number of aliphatic carboxylic acids is 3. The first-order valence-corrected chi connectivity index (χ1v) is 15.4. The van der Waals surface area contributed by atoms with Crippen molar-refractivity contribution in [2.24, 2.45) is 0 Å². The molecule has 0 bridgehead atoms. The van der Waals surface area contributed by atoms with Gasteiger partial charge in [0, 0.05) is 17.9 Å². The van der Waals surface area contributed by atoms with Crippen LogP contribution in [-0.2, 0) is 14.4 Å². The van der Waals surface area contributed by atoms with E-state index in [2.05, 4.69) is 33.9 Å². The maximum Gasteiger partial charge on any atom is 3.00 e. The predicted octanol–water partition coefficient (Wildman–Crippen LogP) is 6.05.